The summed E-state index contributed by atoms with van der Waals surface area (Å²) in [5, 5.41) is 3.11. The molecule has 0 radical (unpaired) electrons. The smallest absolute Gasteiger partial charge is 0.188 e. The van der Waals surface area contributed by atoms with Crippen molar-refractivity contribution in [1.29, 1.82) is 0 Å². The van der Waals surface area contributed by atoms with Gasteiger partial charge in [-0.2, -0.15) is 0 Å². The van der Waals surface area contributed by atoms with Crippen LogP contribution in [0.25, 0.3) is 0 Å². The predicted molar refractivity (Wildman–Crippen MR) is 97.7 cm³/mol. The maximum Gasteiger partial charge on any atom is 0.188 e. The van der Waals surface area contributed by atoms with E-state index < -0.39 is 0 Å². The molecule has 5 nitrogen and oxygen atoms in total. The number of nitrogens with one attached hydrogen (secondary N) is 1. The summed E-state index contributed by atoms with van der Waals surface area (Å²) >= 11 is 0. The minimum atomic E-state index is 0. The van der Waals surface area contributed by atoms with Gasteiger partial charge in [-0.1, -0.05) is 19.9 Å². The van der Waals surface area contributed by atoms with E-state index >= 15 is 0 Å². The Hall–Kier alpha value is -1.18. The average molecular weight is 407 g/mol. The third-order valence-corrected chi connectivity index (χ3v) is 2.91. The number of hydrogen-bond donors (Lipinski definition) is 2. The zero-order chi connectivity index (χ0) is 15.0. The monoisotopic (exact) mass is 407 g/mol. The van der Waals surface area contributed by atoms with Gasteiger partial charge in [0.25, 0.3) is 0 Å². The lowest BCUT2D eigenvalue weighted by Gasteiger charge is -2.09. The van der Waals surface area contributed by atoms with Crippen LogP contribution in [0, 0.1) is 5.92 Å². The molecule has 0 spiro atoms. The van der Waals surface area contributed by atoms with Gasteiger partial charge in [-0.15, -0.1) is 24.0 Å². The highest BCUT2D eigenvalue weighted by molar-refractivity contribution is 14.0. The van der Waals surface area contributed by atoms with Gasteiger partial charge in [0.05, 0.1) is 20.8 Å². The molecule has 1 aromatic carbocycles. The van der Waals surface area contributed by atoms with Gasteiger partial charge >= 0.3 is 0 Å². The lowest BCUT2D eigenvalue weighted by Crippen LogP contribution is -2.32. The van der Waals surface area contributed by atoms with Crippen molar-refractivity contribution in [3.8, 4) is 11.5 Å². The second kappa shape index (κ2) is 10.5. The molecule has 1 aromatic rings. The van der Waals surface area contributed by atoms with Crippen molar-refractivity contribution in [2.75, 3.05) is 20.8 Å². The van der Waals surface area contributed by atoms with E-state index in [2.05, 4.69) is 24.2 Å². The number of hydrogen-bond acceptors (Lipinski definition) is 3. The summed E-state index contributed by atoms with van der Waals surface area (Å²) in [6, 6.07) is 5.72. The molecule has 0 aliphatic rings. The molecule has 0 aliphatic carbocycles. The topological polar surface area (TPSA) is 68.9 Å². The van der Waals surface area contributed by atoms with Crippen LogP contribution < -0.4 is 20.5 Å². The minimum absolute atomic E-state index is 0. The third-order valence-electron chi connectivity index (χ3n) is 2.91. The van der Waals surface area contributed by atoms with Gasteiger partial charge in [0.2, 0.25) is 0 Å². The highest BCUT2D eigenvalue weighted by Gasteiger charge is 2.04. The van der Waals surface area contributed by atoms with Gasteiger partial charge in [0, 0.05) is 6.54 Å². The highest BCUT2D eigenvalue weighted by Crippen LogP contribution is 2.27. The van der Waals surface area contributed by atoms with Crippen LogP contribution in [0.2, 0.25) is 0 Å². The fourth-order valence-corrected chi connectivity index (χ4v) is 1.70. The fourth-order valence-electron chi connectivity index (χ4n) is 1.70. The van der Waals surface area contributed by atoms with E-state index in [1.807, 2.05) is 18.2 Å². The van der Waals surface area contributed by atoms with Crippen LogP contribution in [-0.2, 0) is 6.54 Å². The predicted octanol–water partition coefficient (Wildman–Crippen LogP) is 2.77. The van der Waals surface area contributed by atoms with Gasteiger partial charge in [-0.05, 0) is 30.0 Å². The van der Waals surface area contributed by atoms with E-state index in [4.69, 9.17) is 15.2 Å². The summed E-state index contributed by atoms with van der Waals surface area (Å²) in [6.07, 6.45) is 1.08. The van der Waals surface area contributed by atoms with E-state index in [0.29, 0.717) is 29.9 Å². The second-order valence-corrected chi connectivity index (χ2v) is 5.00. The zero-order valence-electron chi connectivity index (χ0n) is 13.2. The molecule has 0 unspecified atom stereocenters. The molecule has 21 heavy (non-hydrogen) atoms. The van der Waals surface area contributed by atoms with Gasteiger partial charge < -0.3 is 20.5 Å². The first kappa shape index (κ1) is 19.8. The molecule has 0 amide bonds. The SMILES string of the molecule is COc1ccc(CN=C(N)NCCC(C)C)cc1OC.I. The molecule has 0 heterocycles. The molecule has 0 fully saturated rings. The van der Waals surface area contributed by atoms with Crippen molar-refractivity contribution in [2.45, 2.75) is 26.8 Å². The Kier molecular flexibility index (Phi) is 9.94. The molecule has 0 aromatic heterocycles. The molecule has 0 aliphatic heterocycles. The molecule has 0 saturated carbocycles. The minimum Gasteiger partial charge on any atom is -0.493 e. The Bertz CT molecular complexity index is 451. The lowest BCUT2D eigenvalue weighted by atomic mass is 10.1. The van der Waals surface area contributed by atoms with Gasteiger partial charge in [-0.3, -0.25) is 0 Å². The number of benzene rings is 1. The number of rotatable bonds is 7. The number of guanidine groups is 1. The van der Waals surface area contributed by atoms with Crippen molar-refractivity contribution in [3.63, 3.8) is 0 Å². The molecule has 0 atom stereocenters. The van der Waals surface area contributed by atoms with Gasteiger partial charge in [-0.25, -0.2) is 4.99 Å². The van der Waals surface area contributed by atoms with Crippen LogP contribution in [0.1, 0.15) is 25.8 Å². The summed E-state index contributed by atoms with van der Waals surface area (Å²) in [5.74, 6) is 2.54. The lowest BCUT2D eigenvalue weighted by molar-refractivity contribution is 0.354. The van der Waals surface area contributed by atoms with Crippen molar-refractivity contribution < 1.29 is 9.47 Å². The van der Waals surface area contributed by atoms with E-state index in [1.165, 1.54) is 0 Å². The standard InChI is InChI=1S/C15H25N3O2.HI/c1-11(2)7-8-17-15(16)18-10-12-5-6-13(19-3)14(9-12)20-4;/h5-6,9,11H,7-8,10H2,1-4H3,(H3,16,17,18);1H. The molecule has 0 saturated heterocycles. The summed E-state index contributed by atoms with van der Waals surface area (Å²) in [7, 11) is 3.24. The van der Waals surface area contributed by atoms with Crippen molar-refractivity contribution >= 4 is 29.9 Å². The quantitative estimate of drug-likeness (QED) is 0.415. The fraction of sp³-hybridized carbons (Fsp3) is 0.533. The normalized spacial score (nSPS) is 11.0. The van der Waals surface area contributed by atoms with Gasteiger partial charge in [0.15, 0.2) is 17.5 Å². The van der Waals surface area contributed by atoms with E-state index in [1.54, 1.807) is 14.2 Å². The van der Waals surface area contributed by atoms with Crippen LogP contribution in [0.4, 0.5) is 0 Å². The second-order valence-electron chi connectivity index (χ2n) is 5.00. The molecular formula is C15H26IN3O2. The number of nitrogens with two attached hydrogens (primary N) is 1. The Morgan fingerprint density at radius 2 is 1.90 bits per heavy atom. The van der Waals surface area contributed by atoms with Crippen LogP contribution in [0.5, 0.6) is 11.5 Å². The average Bonchev–Trinajstić information content (AvgIpc) is 2.44. The number of ether oxygens (including phenoxy) is 2. The number of nitrogens with zero attached hydrogens (tertiary/aromatic N) is 1. The first-order valence-electron chi connectivity index (χ1n) is 6.81. The van der Waals surface area contributed by atoms with Gasteiger partial charge in [0.1, 0.15) is 0 Å². The van der Waals surface area contributed by atoms with Crippen LogP contribution in [0.3, 0.4) is 0 Å². The summed E-state index contributed by atoms with van der Waals surface area (Å²) in [4.78, 5) is 4.31. The summed E-state index contributed by atoms with van der Waals surface area (Å²) in [6.45, 7) is 5.72. The van der Waals surface area contributed by atoms with Crippen molar-refractivity contribution in [1.82, 2.24) is 5.32 Å². The maximum absolute atomic E-state index is 5.82. The largest absolute Gasteiger partial charge is 0.493 e. The van der Waals surface area contributed by atoms with E-state index in [0.717, 1.165) is 18.5 Å². The van der Waals surface area contributed by atoms with Crippen LogP contribution >= 0.6 is 24.0 Å². The summed E-state index contributed by atoms with van der Waals surface area (Å²) < 4.78 is 10.4. The Labute approximate surface area is 144 Å². The third kappa shape index (κ3) is 7.40. The zero-order valence-corrected chi connectivity index (χ0v) is 15.5. The number of halogens is 1. The molecule has 6 heteroatoms. The highest BCUT2D eigenvalue weighted by atomic mass is 127. The maximum atomic E-state index is 5.82. The van der Waals surface area contributed by atoms with Crippen molar-refractivity contribution in [3.05, 3.63) is 23.8 Å². The molecule has 120 valence electrons. The number of methoxy groups -OCH3 is 2. The van der Waals surface area contributed by atoms with E-state index in [-0.39, 0.29) is 24.0 Å². The van der Waals surface area contributed by atoms with E-state index in [9.17, 15) is 0 Å². The molecule has 1 rings (SSSR count). The van der Waals surface area contributed by atoms with Crippen molar-refractivity contribution in [2.24, 2.45) is 16.6 Å². The Morgan fingerprint density at radius 1 is 1.24 bits per heavy atom. The molecular weight excluding hydrogens is 381 g/mol. The first-order chi connectivity index (χ1) is 9.56. The number of aliphatic imine (C=N–C) groups is 1. The first-order valence-corrected chi connectivity index (χ1v) is 6.81. The summed E-state index contributed by atoms with van der Waals surface area (Å²) in [5.41, 5.74) is 6.84. The Balaban J connectivity index is 0.00000400. The van der Waals surface area contributed by atoms with Crippen LogP contribution in [-0.4, -0.2) is 26.7 Å². The Morgan fingerprint density at radius 3 is 2.48 bits per heavy atom. The molecule has 0 bridgehead atoms. The van der Waals surface area contributed by atoms with Crippen LogP contribution in [0.15, 0.2) is 23.2 Å². The molecule has 3 N–H and O–H groups in total.